The molecule has 5 heteroatoms. The number of carbonyl (C=O) groups excluding carboxylic acids is 2. The number of fused-ring (bicyclic) bond motifs is 1. The van der Waals surface area contributed by atoms with Crippen molar-refractivity contribution in [3.05, 3.63) is 65.2 Å². The van der Waals surface area contributed by atoms with E-state index in [4.69, 9.17) is 0 Å². The maximum Gasteiger partial charge on any atom is 0.251 e. The number of carbonyl (C=O) groups is 2. The highest BCUT2D eigenvalue weighted by molar-refractivity contribution is 7.98. The summed E-state index contributed by atoms with van der Waals surface area (Å²) in [5.74, 6) is 1.92. The first-order valence-electron chi connectivity index (χ1n) is 9.02. The molecule has 26 heavy (non-hydrogen) atoms. The molecule has 136 valence electrons. The van der Waals surface area contributed by atoms with E-state index in [1.807, 2.05) is 60.0 Å². The second-order valence-corrected chi connectivity index (χ2v) is 7.39. The summed E-state index contributed by atoms with van der Waals surface area (Å²) >= 11 is 1.81. The van der Waals surface area contributed by atoms with E-state index in [1.54, 1.807) is 0 Å². The largest absolute Gasteiger partial charge is 0.351 e. The fourth-order valence-corrected chi connectivity index (χ4v) is 3.91. The van der Waals surface area contributed by atoms with Gasteiger partial charge in [0.1, 0.15) is 0 Å². The molecule has 0 aromatic heterocycles. The van der Waals surface area contributed by atoms with E-state index in [-0.39, 0.29) is 11.8 Å². The monoisotopic (exact) mass is 368 g/mol. The lowest BCUT2D eigenvalue weighted by Gasteiger charge is -2.16. The number of amides is 2. The number of nitrogens with one attached hydrogen (secondary N) is 1. The Hall–Kier alpha value is -2.27. The third kappa shape index (κ3) is 4.47. The Morgan fingerprint density at radius 2 is 1.96 bits per heavy atom. The highest BCUT2D eigenvalue weighted by atomic mass is 32.2. The molecule has 1 heterocycles. The van der Waals surface area contributed by atoms with Crippen LogP contribution in [0, 0.1) is 0 Å². The molecule has 1 aliphatic rings. The van der Waals surface area contributed by atoms with Gasteiger partial charge in [-0.3, -0.25) is 9.59 Å². The molecular weight excluding hydrogens is 344 g/mol. The van der Waals surface area contributed by atoms with Crippen molar-refractivity contribution in [3.8, 4) is 0 Å². The summed E-state index contributed by atoms with van der Waals surface area (Å²) in [6.07, 6.45) is 1.32. The first kappa shape index (κ1) is 18.5. The molecule has 0 fully saturated rings. The van der Waals surface area contributed by atoms with Crippen molar-refractivity contribution in [1.82, 2.24) is 5.32 Å². The molecule has 0 bridgehead atoms. The molecule has 1 aliphatic heterocycles. The average molecular weight is 369 g/mol. The van der Waals surface area contributed by atoms with Crippen molar-refractivity contribution in [2.45, 2.75) is 25.5 Å². The standard InChI is InChI=1S/C21H24N2O2S/c1-2-20(24)23-12-10-17-14-18(8-9-19(17)23)21(25)22-11-13-26-15-16-6-4-3-5-7-16/h3-9,14H,2,10-13,15H2,1H3,(H,22,25). The summed E-state index contributed by atoms with van der Waals surface area (Å²) in [5.41, 5.74) is 4.00. The fraction of sp³-hybridized carbons (Fsp3) is 0.333. The van der Waals surface area contributed by atoms with Crippen LogP contribution in [0.25, 0.3) is 0 Å². The van der Waals surface area contributed by atoms with Crippen LogP contribution in [0.4, 0.5) is 5.69 Å². The maximum absolute atomic E-state index is 12.3. The van der Waals surface area contributed by atoms with Crippen LogP contribution < -0.4 is 10.2 Å². The van der Waals surface area contributed by atoms with Gasteiger partial charge in [-0.1, -0.05) is 37.3 Å². The number of rotatable bonds is 7. The molecule has 2 amide bonds. The van der Waals surface area contributed by atoms with Crippen molar-refractivity contribution in [1.29, 1.82) is 0 Å². The predicted octanol–water partition coefficient (Wildman–Crippen LogP) is 3.65. The maximum atomic E-state index is 12.3. The van der Waals surface area contributed by atoms with Crippen LogP contribution in [0.15, 0.2) is 48.5 Å². The van der Waals surface area contributed by atoms with Gasteiger partial charge in [0.15, 0.2) is 0 Å². The third-order valence-electron chi connectivity index (χ3n) is 4.48. The zero-order valence-electron chi connectivity index (χ0n) is 15.0. The zero-order chi connectivity index (χ0) is 18.4. The van der Waals surface area contributed by atoms with Crippen LogP contribution in [0.1, 0.15) is 34.8 Å². The predicted molar refractivity (Wildman–Crippen MR) is 108 cm³/mol. The Labute approximate surface area is 159 Å². The Balaban J connectivity index is 1.47. The van der Waals surface area contributed by atoms with E-state index in [0.717, 1.165) is 29.2 Å². The van der Waals surface area contributed by atoms with Gasteiger partial charge in [0.2, 0.25) is 5.91 Å². The average Bonchev–Trinajstić information content (AvgIpc) is 3.11. The van der Waals surface area contributed by atoms with Crippen molar-refractivity contribution in [2.24, 2.45) is 0 Å². The Bertz CT molecular complexity index is 777. The molecule has 0 unspecified atom stereocenters. The SMILES string of the molecule is CCC(=O)N1CCc2cc(C(=O)NCCSCc3ccccc3)ccc21. The minimum atomic E-state index is -0.0478. The van der Waals surface area contributed by atoms with Crippen LogP contribution in [-0.2, 0) is 17.0 Å². The fourth-order valence-electron chi connectivity index (χ4n) is 3.10. The van der Waals surface area contributed by atoms with Gasteiger partial charge in [-0.15, -0.1) is 0 Å². The minimum absolute atomic E-state index is 0.0478. The van der Waals surface area contributed by atoms with E-state index in [2.05, 4.69) is 17.4 Å². The van der Waals surface area contributed by atoms with Crippen molar-refractivity contribution in [2.75, 3.05) is 23.7 Å². The summed E-state index contributed by atoms with van der Waals surface area (Å²) in [6, 6.07) is 16.0. The molecule has 1 N–H and O–H groups in total. The second-order valence-electron chi connectivity index (χ2n) is 6.29. The molecule has 0 saturated heterocycles. The molecule has 3 rings (SSSR count). The van der Waals surface area contributed by atoms with E-state index in [9.17, 15) is 9.59 Å². The van der Waals surface area contributed by atoms with Gasteiger partial charge in [-0.2, -0.15) is 11.8 Å². The van der Waals surface area contributed by atoms with Gasteiger partial charge in [-0.25, -0.2) is 0 Å². The van der Waals surface area contributed by atoms with E-state index >= 15 is 0 Å². The summed E-state index contributed by atoms with van der Waals surface area (Å²) in [4.78, 5) is 26.1. The molecular formula is C21H24N2O2S. The highest BCUT2D eigenvalue weighted by Gasteiger charge is 2.24. The Morgan fingerprint density at radius 3 is 2.73 bits per heavy atom. The number of thioether (sulfide) groups is 1. The van der Waals surface area contributed by atoms with Gasteiger partial charge < -0.3 is 10.2 Å². The van der Waals surface area contributed by atoms with Gasteiger partial charge in [0.25, 0.3) is 5.91 Å². The Morgan fingerprint density at radius 1 is 1.15 bits per heavy atom. The second kappa shape index (κ2) is 8.90. The van der Waals surface area contributed by atoms with Crippen molar-refractivity contribution >= 4 is 29.3 Å². The number of anilines is 1. The molecule has 2 aromatic rings. The topological polar surface area (TPSA) is 49.4 Å². The molecule has 0 aliphatic carbocycles. The van der Waals surface area contributed by atoms with Gasteiger partial charge >= 0.3 is 0 Å². The normalized spacial score (nSPS) is 12.7. The van der Waals surface area contributed by atoms with E-state index in [0.29, 0.717) is 25.1 Å². The van der Waals surface area contributed by atoms with Crippen molar-refractivity contribution < 1.29 is 9.59 Å². The van der Waals surface area contributed by atoms with Crippen LogP contribution in [0.3, 0.4) is 0 Å². The van der Waals surface area contributed by atoms with Gasteiger partial charge in [-0.05, 0) is 35.7 Å². The lowest BCUT2D eigenvalue weighted by atomic mass is 10.1. The van der Waals surface area contributed by atoms with E-state index in [1.165, 1.54) is 5.56 Å². The van der Waals surface area contributed by atoms with Crippen LogP contribution in [0.2, 0.25) is 0 Å². The Kier molecular flexibility index (Phi) is 6.34. The molecule has 0 atom stereocenters. The van der Waals surface area contributed by atoms with Crippen LogP contribution >= 0.6 is 11.8 Å². The number of nitrogens with zero attached hydrogens (tertiary/aromatic N) is 1. The molecule has 4 nitrogen and oxygen atoms in total. The molecule has 0 saturated carbocycles. The van der Waals surface area contributed by atoms with Gasteiger partial charge in [0, 0.05) is 42.3 Å². The number of hydrogen-bond acceptors (Lipinski definition) is 3. The quantitative estimate of drug-likeness (QED) is 0.759. The highest BCUT2D eigenvalue weighted by Crippen LogP contribution is 2.29. The minimum Gasteiger partial charge on any atom is -0.351 e. The summed E-state index contributed by atoms with van der Waals surface area (Å²) < 4.78 is 0. The zero-order valence-corrected chi connectivity index (χ0v) is 15.8. The number of hydrogen-bond donors (Lipinski definition) is 1. The first-order valence-corrected chi connectivity index (χ1v) is 10.2. The molecule has 2 aromatic carbocycles. The number of benzene rings is 2. The first-order chi connectivity index (χ1) is 12.7. The van der Waals surface area contributed by atoms with Crippen LogP contribution in [0.5, 0.6) is 0 Å². The third-order valence-corrected chi connectivity index (χ3v) is 5.51. The molecule has 0 radical (unpaired) electrons. The van der Waals surface area contributed by atoms with E-state index < -0.39 is 0 Å². The lowest BCUT2D eigenvalue weighted by molar-refractivity contribution is -0.118. The summed E-state index contributed by atoms with van der Waals surface area (Å²) in [5, 5.41) is 2.98. The summed E-state index contributed by atoms with van der Waals surface area (Å²) in [7, 11) is 0. The van der Waals surface area contributed by atoms with Crippen molar-refractivity contribution in [3.63, 3.8) is 0 Å². The van der Waals surface area contributed by atoms with Gasteiger partial charge in [0.05, 0.1) is 0 Å². The molecule has 0 spiro atoms. The van der Waals surface area contributed by atoms with Crippen LogP contribution in [-0.4, -0.2) is 30.7 Å². The lowest BCUT2D eigenvalue weighted by Crippen LogP contribution is -2.28. The summed E-state index contributed by atoms with van der Waals surface area (Å²) in [6.45, 7) is 3.23. The smallest absolute Gasteiger partial charge is 0.251 e.